The molecule has 0 saturated heterocycles. The maximum atomic E-state index is 5.99. The fourth-order valence-electron chi connectivity index (χ4n) is 2.03. The summed E-state index contributed by atoms with van der Waals surface area (Å²) < 4.78 is 9.78. The van der Waals surface area contributed by atoms with Crippen LogP contribution in [0.5, 0.6) is 0 Å². The number of hydrogen-bond donors (Lipinski definition) is 1. The number of halogens is 1. The lowest BCUT2D eigenvalue weighted by molar-refractivity contribution is 0.471. The van der Waals surface area contributed by atoms with Gasteiger partial charge in [-0.1, -0.05) is 23.0 Å². The van der Waals surface area contributed by atoms with Gasteiger partial charge in [0.1, 0.15) is 23.1 Å². The Labute approximate surface area is 119 Å². The number of hydrogen-bond acceptors (Lipinski definition) is 5. The summed E-state index contributed by atoms with van der Waals surface area (Å²) in [6.45, 7) is 2.87. The molecule has 0 aliphatic rings. The number of nitrogens with one attached hydrogen (secondary N) is 1. The van der Waals surface area contributed by atoms with E-state index in [1.54, 1.807) is 0 Å². The van der Waals surface area contributed by atoms with Crippen LogP contribution in [0.1, 0.15) is 24.4 Å². The van der Waals surface area contributed by atoms with E-state index in [1.807, 2.05) is 36.6 Å². The molecular formula is C13H12ClN3OS. The lowest BCUT2D eigenvalue weighted by Crippen LogP contribution is -2.21. The Morgan fingerprint density at radius 2 is 2.32 bits per heavy atom. The van der Waals surface area contributed by atoms with Gasteiger partial charge in [-0.3, -0.25) is 0 Å². The standard InChI is InChI=1S/C13H12ClN3OS/c1-2-15-13(10-7-19-17-16-10)12-6-8-5-9(14)3-4-11(8)18-12/h3-7,13,15H,2H2,1H3. The molecule has 6 heteroatoms. The molecule has 0 aliphatic heterocycles. The highest BCUT2D eigenvalue weighted by Gasteiger charge is 2.20. The van der Waals surface area contributed by atoms with Crippen LogP contribution in [0.25, 0.3) is 11.0 Å². The molecule has 19 heavy (non-hydrogen) atoms. The van der Waals surface area contributed by atoms with Gasteiger partial charge < -0.3 is 9.73 Å². The maximum Gasteiger partial charge on any atom is 0.134 e. The van der Waals surface area contributed by atoms with Crippen molar-refractivity contribution in [2.45, 2.75) is 13.0 Å². The molecule has 0 amide bonds. The minimum Gasteiger partial charge on any atom is -0.459 e. The molecule has 2 heterocycles. The highest BCUT2D eigenvalue weighted by atomic mass is 35.5. The molecule has 2 aromatic heterocycles. The average molecular weight is 294 g/mol. The zero-order chi connectivity index (χ0) is 13.2. The van der Waals surface area contributed by atoms with Gasteiger partial charge in [0.15, 0.2) is 0 Å². The molecule has 1 aromatic carbocycles. The zero-order valence-corrected chi connectivity index (χ0v) is 11.8. The minimum absolute atomic E-state index is 0.0741. The first-order chi connectivity index (χ1) is 9.28. The molecule has 0 fully saturated rings. The van der Waals surface area contributed by atoms with E-state index in [2.05, 4.69) is 14.9 Å². The van der Waals surface area contributed by atoms with Crippen LogP contribution in [0.2, 0.25) is 5.02 Å². The Kier molecular flexibility index (Phi) is 3.50. The van der Waals surface area contributed by atoms with Gasteiger partial charge in [-0.05, 0) is 42.3 Å². The molecule has 1 N–H and O–H groups in total. The second-order valence-corrected chi connectivity index (χ2v) is 5.20. The van der Waals surface area contributed by atoms with Gasteiger partial charge in [0.25, 0.3) is 0 Å². The van der Waals surface area contributed by atoms with E-state index in [0.717, 1.165) is 29.0 Å². The zero-order valence-electron chi connectivity index (χ0n) is 10.3. The van der Waals surface area contributed by atoms with Crippen LogP contribution in [0.4, 0.5) is 0 Å². The Bertz CT molecular complexity index is 680. The predicted molar refractivity (Wildman–Crippen MR) is 76.7 cm³/mol. The Balaban J connectivity index is 2.05. The van der Waals surface area contributed by atoms with E-state index in [1.165, 1.54) is 11.5 Å². The molecule has 98 valence electrons. The molecule has 0 saturated carbocycles. The first-order valence-corrected chi connectivity index (χ1v) is 7.18. The van der Waals surface area contributed by atoms with Gasteiger partial charge in [-0.15, -0.1) is 5.10 Å². The van der Waals surface area contributed by atoms with Gasteiger partial charge >= 0.3 is 0 Å². The monoisotopic (exact) mass is 293 g/mol. The highest BCUT2D eigenvalue weighted by Crippen LogP contribution is 2.29. The van der Waals surface area contributed by atoms with Crippen molar-refractivity contribution in [3.05, 3.63) is 46.1 Å². The van der Waals surface area contributed by atoms with E-state index in [9.17, 15) is 0 Å². The van der Waals surface area contributed by atoms with Gasteiger partial charge in [0, 0.05) is 15.8 Å². The third-order valence-corrected chi connectivity index (χ3v) is 3.62. The maximum absolute atomic E-state index is 5.99. The number of nitrogens with zero attached hydrogens (tertiary/aromatic N) is 2. The number of aromatic nitrogens is 2. The normalized spacial score (nSPS) is 12.9. The van der Waals surface area contributed by atoms with Crippen molar-refractivity contribution in [2.24, 2.45) is 0 Å². The summed E-state index contributed by atoms with van der Waals surface area (Å²) in [4.78, 5) is 0. The van der Waals surface area contributed by atoms with Gasteiger partial charge in [-0.25, -0.2) is 0 Å². The number of furan rings is 1. The summed E-state index contributed by atoms with van der Waals surface area (Å²) in [6.07, 6.45) is 0. The summed E-state index contributed by atoms with van der Waals surface area (Å²) in [6, 6.07) is 7.52. The molecule has 4 nitrogen and oxygen atoms in total. The molecule has 3 rings (SSSR count). The van der Waals surface area contributed by atoms with Crippen LogP contribution in [0.3, 0.4) is 0 Å². The van der Waals surface area contributed by atoms with Gasteiger partial charge in [-0.2, -0.15) is 0 Å². The highest BCUT2D eigenvalue weighted by molar-refractivity contribution is 7.03. The second kappa shape index (κ2) is 5.28. The van der Waals surface area contributed by atoms with Gasteiger partial charge in [0.05, 0.1) is 0 Å². The molecule has 0 radical (unpaired) electrons. The fraction of sp³-hybridized carbons (Fsp3) is 0.231. The van der Waals surface area contributed by atoms with Gasteiger partial charge in [0.2, 0.25) is 0 Å². The molecule has 3 aromatic rings. The van der Waals surface area contributed by atoms with E-state index in [0.29, 0.717) is 5.02 Å². The first-order valence-electron chi connectivity index (χ1n) is 5.97. The number of fused-ring (bicyclic) bond motifs is 1. The average Bonchev–Trinajstić information content (AvgIpc) is 3.04. The van der Waals surface area contributed by atoms with Crippen LogP contribution in [0.15, 0.2) is 34.1 Å². The summed E-state index contributed by atoms with van der Waals surface area (Å²) >= 11 is 7.32. The van der Waals surface area contributed by atoms with E-state index in [4.69, 9.17) is 16.0 Å². The lowest BCUT2D eigenvalue weighted by Gasteiger charge is -2.11. The van der Waals surface area contributed by atoms with Crippen molar-refractivity contribution in [2.75, 3.05) is 6.54 Å². The van der Waals surface area contributed by atoms with E-state index < -0.39 is 0 Å². The summed E-state index contributed by atoms with van der Waals surface area (Å²) in [7, 11) is 0. The number of rotatable bonds is 4. The molecular weight excluding hydrogens is 282 g/mol. The quantitative estimate of drug-likeness (QED) is 0.798. The SMILES string of the molecule is CCNC(c1csnn1)c1cc2cc(Cl)ccc2o1. The van der Waals surface area contributed by atoms with Crippen molar-refractivity contribution in [1.82, 2.24) is 14.9 Å². The van der Waals surface area contributed by atoms with Crippen LogP contribution in [0, 0.1) is 0 Å². The predicted octanol–water partition coefficient (Wildman–Crippen LogP) is 3.64. The summed E-state index contributed by atoms with van der Waals surface area (Å²) in [5, 5.41) is 11.1. The van der Waals surface area contributed by atoms with E-state index in [-0.39, 0.29) is 6.04 Å². The Morgan fingerprint density at radius 1 is 1.42 bits per heavy atom. The first kappa shape index (κ1) is 12.6. The minimum atomic E-state index is -0.0741. The molecule has 1 atom stereocenters. The van der Waals surface area contributed by atoms with Crippen LogP contribution < -0.4 is 5.32 Å². The molecule has 0 aliphatic carbocycles. The third kappa shape index (κ3) is 2.49. The van der Waals surface area contributed by atoms with Crippen molar-refractivity contribution in [1.29, 1.82) is 0 Å². The summed E-state index contributed by atoms with van der Waals surface area (Å²) in [5.74, 6) is 0.826. The van der Waals surface area contributed by atoms with Crippen molar-refractivity contribution < 1.29 is 4.42 Å². The topological polar surface area (TPSA) is 51.0 Å². The van der Waals surface area contributed by atoms with E-state index >= 15 is 0 Å². The lowest BCUT2D eigenvalue weighted by atomic mass is 10.1. The molecule has 0 spiro atoms. The van der Waals surface area contributed by atoms with Crippen molar-refractivity contribution in [3.8, 4) is 0 Å². The van der Waals surface area contributed by atoms with Crippen LogP contribution in [-0.2, 0) is 0 Å². The summed E-state index contributed by atoms with van der Waals surface area (Å²) in [5.41, 5.74) is 1.70. The van der Waals surface area contributed by atoms with Crippen LogP contribution in [-0.4, -0.2) is 16.1 Å². The van der Waals surface area contributed by atoms with Crippen molar-refractivity contribution in [3.63, 3.8) is 0 Å². The largest absolute Gasteiger partial charge is 0.459 e. The number of benzene rings is 1. The fourth-order valence-corrected chi connectivity index (χ4v) is 2.69. The van der Waals surface area contributed by atoms with Crippen LogP contribution >= 0.6 is 23.1 Å². The smallest absolute Gasteiger partial charge is 0.134 e. The Morgan fingerprint density at radius 3 is 3.05 bits per heavy atom. The third-order valence-electron chi connectivity index (χ3n) is 2.86. The Hall–Kier alpha value is -1.43. The van der Waals surface area contributed by atoms with Crippen molar-refractivity contribution >= 4 is 34.1 Å². The molecule has 0 bridgehead atoms. The molecule has 1 unspecified atom stereocenters. The second-order valence-electron chi connectivity index (χ2n) is 4.15.